The van der Waals surface area contributed by atoms with E-state index in [2.05, 4.69) is 15.5 Å². The van der Waals surface area contributed by atoms with E-state index < -0.39 is 0 Å². The zero-order valence-electron chi connectivity index (χ0n) is 16.7. The zero-order chi connectivity index (χ0) is 21.8. The molecule has 10 heteroatoms. The van der Waals surface area contributed by atoms with E-state index in [0.717, 1.165) is 11.3 Å². The highest BCUT2D eigenvalue weighted by Crippen LogP contribution is 2.29. The molecule has 162 valence electrons. The maximum atomic E-state index is 13.8. The lowest BCUT2D eigenvalue weighted by molar-refractivity contribution is -0.118. The van der Waals surface area contributed by atoms with Gasteiger partial charge in [-0.2, -0.15) is 0 Å². The number of nitrogens with zero attached hydrogens (tertiary/aromatic N) is 3. The Hall–Kier alpha value is -2.62. The molecule has 2 heterocycles. The third-order valence-corrected chi connectivity index (χ3v) is 6.10. The lowest BCUT2D eigenvalue weighted by Gasteiger charge is -2.21. The highest BCUT2D eigenvalue weighted by Gasteiger charge is 2.17. The van der Waals surface area contributed by atoms with Crippen LogP contribution in [0.1, 0.15) is 16.7 Å². The molecule has 0 radical (unpaired) electrons. The predicted octanol–water partition coefficient (Wildman–Crippen LogP) is 3.69. The Balaban J connectivity index is 1.32. The first-order chi connectivity index (χ1) is 15.0. The number of aromatic nitrogens is 3. The number of hydrogen-bond acceptors (Lipinski definition) is 6. The van der Waals surface area contributed by atoms with Gasteiger partial charge in [-0.15, -0.1) is 10.2 Å². The molecule has 7 nitrogen and oxygen atoms in total. The van der Waals surface area contributed by atoms with Gasteiger partial charge in [0.2, 0.25) is 5.91 Å². The van der Waals surface area contributed by atoms with Crippen molar-refractivity contribution >= 4 is 29.3 Å². The van der Waals surface area contributed by atoms with Gasteiger partial charge in [0.25, 0.3) is 0 Å². The predicted molar refractivity (Wildman–Crippen MR) is 115 cm³/mol. The van der Waals surface area contributed by atoms with E-state index in [0.29, 0.717) is 46.6 Å². The number of nitrogens with one attached hydrogen (secondary N) is 1. The second-order valence-electron chi connectivity index (χ2n) is 6.97. The smallest absolute Gasteiger partial charge is 0.230 e. The molecule has 3 aromatic rings. The fraction of sp³-hybridized carbons (Fsp3) is 0.286. The van der Waals surface area contributed by atoms with Crippen LogP contribution in [-0.4, -0.2) is 39.8 Å². The van der Waals surface area contributed by atoms with Crippen molar-refractivity contribution in [2.45, 2.75) is 25.1 Å². The normalized spacial score (nSPS) is 12.9. The van der Waals surface area contributed by atoms with Gasteiger partial charge in [-0.1, -0.05) is 29.4 Å². The van der Waals surface area contributed by atoms with E-state index in [1.807, 2.05) is 25.1 Å². The summed E-state index contributed by atoms with van der Waals surface area (Å²) < 4.78 is 26.3. The molecule has 0 atom stereocenters. The summed E-state index contributed by atoms with van der Waals surface area (Å²) in [7, 11) is 0. The van der Waals surface area contributed by atoms with Gasteiger partial charge < -0.3 is 14.8 Å². The number of halogens is 2. The standard InChI is InChI=1S/C21H20ClFN4O3S/c1-13-2-3-17(8-18(13)22)27-11-25-26-21(27)31-10-19(28)24-5-4-14-6-16(23)7-15-9-29-12-30-20(14)15/h2-3,6-8,11H,4-5,9-10,12H2,1H3,(H,24,28). The molecule has 0 saturated heterocycles. The van der Waals surface area contributed by atoms with Gasteiger partial charge in [0.05, 0.1) is 18.0 Å². The quantitative estimate of drug-likeness (QED) is 0.539. The first kappa shape index (κ1) is 21.6. The fourth-order valence-corrected chi connectivity index (χ4v) is 4.13. The SMILES string of the molecule is Cc1ccc(-n2cnnc2SCC(=O)NCCc2cc(F)cc3c2OCOC3)cc1Cl. The van der Waals surface area contributed by atoms with Crippen molar-refractivity contribution in [1.29, 1.82) is 0 Å². The molecule has 0 spiro atoms. The van der Waals surface area contributed by atoms with Crippen LogP contribution >= 0.6 is 23.4 Å². The molecule has 1 N–H and O–H groups in total. The third kappa shape index (κ3) is 5.17. The molecule has 0 fully saturated rings. The molecule has 0 aliphatic carbocycles. The summed E-state index contributed by atoms with van der Waals surface area (Å²) in [6.45, 7) is 2.75. The number of ether oxygens (including phenoxy) is 2. The first-order valence-corrected chi connectivity index (χ1v) is 11.0. The van der Waals surface area contributed by atoms with E-state index >= 15 is 0 Å². The third-order valence-electron chi connectivity index (χ3n) is 4.75. The second-order valence-corrected chi connectivity index (χ2v) is 8.32. The fourth-order valence-electron chi connectivity index (χ4n) is 3.19. The monoisotopic (exact) mass is 462 g/mol. The Morgan fingerprint density at radius 1 is 1.35 bits per heavy atom. The molecule has 0 saturated carbocycles. The van der Waals surface area contributed by atoms with Crippen LogP contribution in [0, 0.1) is 12.7 Å². The number of hydrogen-bond donors (Lipinski definition) is 1. The minimum Gasteiger partial charge on any atom is -0.467 e. The zero-order valence-corrected chi connectivity index (χ0v) is 18.3. The van der Waals surface area contributed by atoms with Crippen LogP contribution in [0.5, 0.6) is 5.75 Å². The van der Waals surface area contributed by atoms with Crippen molar-refractivity contribution in [1.82, 2.24) is 20.1 Å². The molecule has 0 bridgehead atoms. The summed E-state index contributed by atoms with van der Waals surface area (Å²) in [5, 5.41) is 12.1. The van der Waals surface area contributed by atoms with E-state index in [-0.39, 0.29) is 24.3 Å². The Morgan fingerprint density at radius 3 is 3.06 bits per heavy atom. The number of carbonyl (C=O) groups excluding carboxylic acids is 1. The van der Waals surface area contributed by atoms with E-state index in [1.165, 1.54) is 23.9 Å². The second kappa shape index (κ2) is 9.67. The summed E-state index contributed by atoms with van der Waals surface area (Å²) in [4.78, 5) is 12.3. The van der Waals surface area contributed by atoms with Crippen LogP contribution in [0.4, 0.5) is 4.39 Å². The van der Waals surface area contributed by atoms with Crippen molar-refractivity contribution in [3.8, 4) is 11.4 Å². The minimum absolute atomic E-state index is 0.140. The summed E-state index contributed by atoms with van der Waals surface area (Å²) in [5.41, 5.74) is 3.19. The highest BCUT2D eigenvalue weighted by atomic mass is 35.5. The topological polar surface area (TPSA) is 78.3 Å². The Kier molecular flexibility index (Phi) is 6.74. The van der Waals surface area contributed by atoms with Gasteiger partial charge in [-0.25, -0.2) is 4.39 Å². The Labute approximate surface area is 187 Å². The minimum atomic E-state index is -0.347. The van der Waals surface area contributed by atoms with E-state index in [4.69, 9.17) is 21.1 Å². The lowest BCUT2D eigenvalue weighted by Crippen LogP contribution is -2.27. The van der Waals surface area contributed by atoms with Crippen molar-refractivity contribution in [2.75, 3.05) is 19.1 Å². The first-order valence-electron chi connectivity index (χ1n) is 9.59. The number of rotatable bonds is 7. The average Bonchev–Trinajstić information content (AvgIpc) is 3.22. The molecule has 4 rings (SSSR count). The maximum absolute atomic E-state index is 13.8. The van der Waals surface area contributed by atoms with Gasteiger partial charge in [0, 0.05) is 17.1 Å². The molecular formula is C21H20ClFN4O3S. The van der Waals surface area contributed by atoms with Crippen LogP contribution in [0.15, 0.2) is 41.8 Å². The molecule has 0 unspecified atom stereocenters. The number of fused-ring (bicyclic) bond motifs is 1. The number of carbonyl (C=O) groups is 1. The van der Waals surface area contributed by atoms with Gasteiger partial charge in [-0.3, -0.25) is 9.36 Å². The summed E-state index contributed by atoms with van der Waals surface area (Å²) in [6.07, 6.45) is 2.03. The number of aryl methyl sites for hydroxylation is 1. The molecule has 1 aliphatic rings. The molecule has 1 aromatic heterocycles. The molecule has 31 heavy (non-hydrogen) atoms. The van der Waals surface area contributed by atoms with Gasteiger partial charge in [0.1, 0.15) is 17.9 Å². The molecular weight excluding hydrogens is 443 g/mol. The van der Waals surface area contributed by atoms with E-state index in [9.17, 15) is 9.18 Å². The number of thioether (sulfide) groups is 1. The van der Waals surface area contributed by atoms with Crippen LogP contribution in [0.25, 0.3) is 5.69 Å². The van der Waals surface area contributed by atoms with Crippen molar-refractivity contribution in [3.05, 3.63) is 64.2 Å². The van der Waals surface area contributed by atoms with Gasteiger partial charge in [-0.05, 0) is 48.7 Å². The Morgan fingerprint density at radius 2 is 2.23 bits per heavy atom. The lowest BCUT2D eigenvalue weighted by atomic mass is 10.1. The molecule has 1 amide bonds. The van der Waals surface area contributed by atoms with Crippen molar-refractivity contribution in [3.63, 3.8) is 0 Å². The summed E-state index contributed by atoms with van der Waals surface area (Å²) in [5.74, 6) is 0.307. The van der Waals surface area contributed by atoms with Crippen LogP contribution < -0.4 is 10.1 Å². The number of amides is 1. The average molecular weight is 463 g/mol. The summed E-state index contributed by atoms with van der Waals surface area (Å²) >= 11 is 7.48. The highest BCUT2D eigenvalue weighted by molar-refractivity contribution is 7.99. The van der Waals surface area contributed by atoms with Gasteiger partial charge in [0.15, 0.2) is 11.9 Å². The van der Waals surface area contributed by atoms with Crippen LogP contribution in [0.3, 0.4) is 0 Å². The largest absolute Gasteiger partial charge is 0.467 e. The maximum Gasteiger partial charge on any atom is 0.230 e. The van der Waals surface area contributed by atoms with Gasteiger partial charge >= 0.3 is 0 Å². The number of benzene rings is 2. The van der Waals surface area contributed by atoms with E-state index in [1.54, 1.807) is 10.9 Å². The molecule has 1 aliphatic heterocycles. The van der Waals surface area contributed by atoms with Crippen molar-refractivity contribution in [2.24, 2.45) is 0 Å². The van der Waals surface area contributed by atoms with Crippen LogP contribution in [0.2, 0.25) is 5.02 Å². The Bertz CT molecular complexity index is 1110. The van der Waals surface area contributed by atoms with Crippen molar-refractivity contribution < 1.29 is 18.7 Å². The van der Waals surface area contributed by atoms with Crippen LogP contribution in [-0.2, 0) is 22.6 Å². The summed E-state index contributed by atoms with van der Waals surface area (Å²) in [6, 6.07) is 8.50. The molecule has 2 aromatic carbocycles.